The van der Waals surface area contributed by atoms with Gasteiger partial charge in [0.15, 0.2) is 0 Å². The molecule has 0 radical (unpaired) electrons. The standard InChI is InChI=1S/C18H20O5/c1-10-4-12(5-11(2)18(10)22)6-13(19)7-15-16(20)8-14(23-3)9-17(15)21/h4-5,8-9,20-22H,6-7H2,1-3H3. The van der Waals surface area contributed by atoms with E-state index in [4.69, 9.17) is 4.74 Å². The number of carbonyl (C=O) groups is 1. The molecule has 122 valence electrons. The van der Waals surface area contributed by atoms with Crippen LogP contribution in [0.5, 0.6) is 23.0 Å². The molecule has 0 saturated heterocycles. The van der Waals surface area contributed by atoms with E-state index in [1.807, 2.05) is 0 Å². The smallest absolute Gasteiger partial charge is 0.141 e. The number of ketones is 1. The number of ether oxygens (including phenoxy) is 1. The molecule has 5 nitrogen and oxygen atoms in total. The average Bonchev–Trinajstić information content (AvgIpc) is 2.48. The molecule has 0 amide bonds. The van der Waals surface area contributed by atoms with Crippen molar-refractivity contribution in [2.75, 3.05) is 7.11 Å². The molecule has 3 N–H and O–H groups in total. The minimum atomic E-state index is -0.173. The van der Waals surface area contributed by atoms with E-state index in [2.05, 4.69) is 0 Å². The second-order valence-electron chi connectivity index (χ2n) is 5.61. The number of methoxy groups -OCH3 is 1. The van der Waals surface area contributed by atoms with Gasteiger partial charge in [0.25, 0.3) is 0 Å². The monoisotopic (exact) mass is 316 g/mol. The van der Waals surface area contributed by atoms with Gasteiger partial charge in [-0.05, 0) is 30.5 Å². The molecule has 0 aliphatic carbocycles. The Morgan fingerprint density at radius 3 is 1.96 bits per heavy atom. The number of carbonyl (C=O) groups excluding carboxylic acids is 1. The van der Waals surface area contributed by atoms with Crippen molar-refractivity contribution in [3.05, 3.63) is 46.5 Å². The first-order chi connectivity index (χ1) is 10.8. The summed E-state index contributed by atoms with van der Waals surface area (Å²) in [5, 5.41) is 29.6. The Morgan fingerprint density at radius 2 is 1.48 bits per heavy atom. The van der Waals surface area contributed by atoms with E-state index in [-0.39, 0.29) is 41.4 Å². The maximum absolute atomic E-state index is 12.2. The third kappa shape index (κ3) is 3.74. The SMILES string of the molecule is COc1cc(O)c(CC(=O)Cc2cc(C)c(O)c(C)c2)c(O)c1. The number of phenolic OH excluding ortho intramolecular Hbond substituents is 3. The van der Waals surface area contributed by atoms with Crippen molar-refractivity contribution in [2.45, 2.75) is 26.7 Å². The Balaban J connectivity index is 2.17. The third-order valence-electron chi connectivity index (χ3n) is 3.74. The summed E-state index contributed by atoms with van der Waals surface area (Å²) in [4.78, 5) is 12.2. The number of Topliss-reactive ketones (excluding diaryl/α,β-unsaturated/α-hetero) is 1. The van der Waals surface area contributed by atoms with E-state index in [0.717, 1.165) is 5.56 Å². The van der Waals surface area contributed by atoms with Gasteiger partial charge in [0.1, 0.15) is 28.8 Å². The van der Waals surface area contributed by atoms with Gasteiger partial charge in [-0.25, -0.2) is 0 Å². The van der Waals surface area contributed by atoms with E-state index < -0.39 is 0 Å². The fourth-order valence-corrected chi connectivity index (χ4v) is 2.55. The first kappa shape index (κ1) is 16.7. The highest BCUT2D eigenvalue weighted by molar-refractivity contribution is 5.84. The topological polar surface area (TPSA) is 87.0 Å². The van der Waals surface area contributed by atoms with Gasteiger partial charge in [-0.2, -0.15) is 0 Å². The molecule has 2 aromatic rings. The fraction of sp³-hybridized carbons (Fsp3) is 0.278. The van der Waals surface area contributed by atoms with Crippen molar-refractivity contribution in [1.29, 1.82) is 0 Å². The summed E-state index contributed by atoms with van der Waals surface area (Å²) < 4.78 is 4.94. The molecule has 2 rings (SSSR count). The summed E-state index contributed by atoms with van der Waals surface area (Å²) in [6, 6.07) is 6.23. The lowest BCUT2D eigenvalue weighted by Crippen LogP contribution is -2.07. The zero-order valence-corrected chi connectivity index (χ0v) is 13.4. The maximum atomic E-state index is 12.2. The normalized spacial score (nSPS) is 10.6. The largest absolute Gasteiger partial charge is 0.507 e. The van der Waals surface area contributed by atoms with Crippen molar-refractivity contribution < 1.29 is 24.9 Å². The van der Waals surface area contributed by atoms with Gasteiger partial charge >= 0.3 is 0 Å². The number of benzene rings is 2. The van der Waals surface area contributed by atoms with Gasteiger partial charge in [0.05, 0.1) is 7.11 Å². The van der Waals surface area contributed by atoms with Gasteiger partial charge in [-0.3, -0.25) is 4.79 Å². The first-order valence-electron chi connectivity index (χ1n) is 7.21. The molecule has 0 saturated carbocycles. The van der Waals surface area contributed by atoms with Crippen molar-refractivity contribution in [1.82, 2.24) is 0 Å². The lowest BCUT2D eigenvalue weighted by Gasteiger charge is -2.10. The van der Waals surface area contributed by atoms with Gasteiger partial charge in [0.2, 0.25) is 0 Å². The number of phenols is 3. The van der Waals surface area contributed by atoms with Gasteiger partial charge in [0, 0.05) is 30.5 Å². The van der Waals surface area contributed by atoms with E-state index in [0.29, 0.717) is 16.9 Å². The molecule has 0 atom stereocenters. The molecule has 0 fully saturated rings. The molecule has 5 heteroatoms. The van der Waals surface area contributed by atoms with Crippen LogP contribution in [0.15, 0.2) is 24.3 Å². The van der Waals surface area contributed by atoms with Crippen LogP contribution < -0.4 is 4.74 Å². The maximum Gasteiger partial charge on any atom is 0.141 e. The summed E-state index contributed by atoms with van der Waals surface area (Å²) in [6.45, 7) is 3.55. The molecule has 0 aromatic heterocycles. The lowest BCUT2D eigenvalue weighted by molar-refractivity contribution is -0.117. The second kappa shape index (κ2) is 6.60. The van der Waals surface area contributed by atoms with Crippen molar-refractivity contribution in [3.8, 4) is 23.0 Å². The van der Waals surface area contributed by atoms with Crippen molar-refractivity contribution in [2.24, 2.45) is 0 Å². The highest BCUT2D eigenvalue weighted by Crippen LogP contribution is 2.33. The molecular formula is C18H20O5. The van der Waals surface area contributed by atoms with Gasteiger partial charge < -0.3 is 20.1 Å². The van der Waals surface area contributed by atoms with Crippen molar-refractivity contribution in [3.63, 3.8) is 0 Å². The molecule has 0 heterocycles. The molecule has 0 aliphatic heterocycles. The number of hydrogen-bond donors (Lipinski definition) is 3. The zero-order chi connectivity index (χ0) is 17.1. The van der Waals surface area contributed by atoms with Crippen LogP contribution in [0.3, 0.4) is 0 Å². The Kier molecular flexibility index (Phi) is 4.79. The number of aryl methyl sites for hydroxylation is 2. The minimum Gasteiger partial charge on any atom is -0.507 e. The van der Waals surface area contributed by atoms with Crippen LogP contribution in [-0.2, 0) is 17.6 Å². The lowest BCUT2D eigenvalue weighted by atomic mass is 9.98. The quantitative estimate of drug-likeness (QED) is 0.789. The molecule has 0 spiro atoms. The average molecular weight is 316 g/mol. The summed E-state index contributed by atoms with van der Waals surface area (Å²) in [5.41, 5.74) is 2.39. The summed E-state index contributed by atoms with van der Waals surface area (Å²) in [6.07, 6.45) is 0.0769. The second-order valence-corrected chi connectivity index (χ2v) is 5.61. The Bertz CT molecular complexity index is 703. The van der Waals surface area contributed by atoms with Gasteiger partial charge in [-0.15, -0.1) is 0 Å². The highest BCUT2D eigenvalue weighted by Gasteiger charge is 2.15. The molecule has 0 aliphatic rings. The number of hydrogen-bond acceptors (Lipinski definition) is 5. The van der Waals surface area contributed by atoms with Crippen LogP contribution in [0.2, 0.25) is 0 Å². The van der Waals surface area contributed by atoms with Crippen LogP contribution >= 0.6 is 0 Å². The van der Waals surface area contributed by atoms with Crippen LogP contribution in [-0.4, -0.2) is 28.2 Å². The van der Waals surface area contributed by atoms with Crippen LogP contribution in [0.1, 0.15) is 22.3 Å². The van der Waals surface area contributed by atoms with E-state index in [1.165, 1.54) is 19.2 Å². The molecular weight excluding hydrogens is 296 g/mol. The summed E-state index contributed by atoms with van der Waals surface area (Å²) >= 11 is 0. The number of aromatic hydroxyl groups is 3. The summed E-state index contributed by atoms with van der Waals surface area (Å²) in [7, 11) is 1.43. The highest BCUT2D eigenvalue weighted by atomic mass is 16.5. The Morgan fingerprint density at radius 1 is 0.957 bits per heavy atom. The zero-order valence-electron chi connectivity index (χ0n) is 13.4. The van der Waals surface area contributed by atoms with Crippen LogP contribution in [0, 0.1) is 13.8 Å². The third-order valence-corrected chi connectivity index (χ3v) is 3.74. The van der Waals surface area contributed by atoms with E-state index >= 15 is 0 Å². The van der Waals surface area contributed by atoms with Crippen LogP contribution in [0.4, 0.5) is 0 Å². The summed E-state index contributed by atoms with van der Waals surface area (Å²) in [5.74, 6) is 0.0550. The number of rotatable bonds is 5. The molecule has 0 bridgehead atoms. The van der Waals surface area contributed by atoms with E-state index in [9.17, 15) is 20.1 Å². The molecule has 23 heavy (non-hydrogen) atoms. The van der Waals surface area contributed by atoms with Crippen LogP contribution in [0.25, 0.3) is 0 Å². The Labute approximate surface area is 134 Å². The van der Waals surface area contributed by atoms with Gasteiger partial charge in [-0.1, -0.05) is 12.1 Å². The Hall–Kier alpha value is -2.69. The predicted octanol–water partition coefficient (Wildman–Crippen LogP) is 2.78. The van der Waals surface area contributed by atoms with E-state index in [1.54, 1.807) is 26.0 Å². The minimum absolute atomic E-state index is 0.0827. The predicted molar refractivity (Wildman–Crippen MR) is 86.3 cm³/mol. The van der Waals surface area contributed by atoms with Crippen molar-refractivity contribution >= 4 is 5.78 Å². The fourth-order valence-electron chi connectivity index (χ4n) is 2.55. The molecule has 2 aromatic carbocycles. The first-order valence-corrected chi connectivity index (χ1v) is 7.21. The molecule has 0 unspecified atom stereocenters.